The Balaban J connectivity index is 2.07. The van der Waals surface area contributed by atoms with Crippen molar-refractivity contribution in [3.8, 4) is 0 Å². The molecule has 92 valence electrons. The molecule has 0 radical (unpaired) electrons. The van der Waals surface area contributed by atoms with Crippen LogP contribution in [0.5, 0.6) is 0 Å². The Kier molecular flexibility index (Phi) is 3.45. The van der Waals surface area contributed by atoms with Crippen LogP contribution in [0.3, 0.4) is 0 Å². The maximum absolute atomic E-state index is 12.0. The summed E-state index contributed by atoms with van der Waals surface area (Å²) in [6.07, 6.45) is 0. The van der Waals surface area contributed by atoms with Gasteiger partial charge in [-0.3, -0.25) is 4.79 Å². The molecular formula is C13H18N2O2. The van der Waals surface area contributed by atoms with Crippen LogP contribution >= 0.6 is 0 Å². The van der Waals surface area contributed by atoms with E-state index < -0.39 is 0 Å². The molecule has 2 rings (SSSR count). The second kappa shape index (κ2) is 4.85. The maximum Gasteiger partial charge on any atom is 0.231 e. The van der Waals surface area contributed by atoms with Crippen molar-refractivity contribution in [1.82, 2.24) is 0 Å². The number of rotatable bonds is 2. The fourth-order valence-electron chi connectivity index (χ4n) is 2.12. The third-order valence-electron chi connectivity index (χ3n) is 2.95. The monoisotopic (exact) mass is 234 g/mol. The summed E-state index contributed by atoms with van der Waals surface area (Å²) in [5.74, 6) is -0.296. The highest BCUT2D eigenvalue weighted by Gasteiger charge is 2.31. The first-order chi connectivity index (χ1) is 8.06. The van der Waals surface area contributed by atoms with E-state index in [0.29, 0.717) is 13.2 Å². The molecule has 0 saturated carbocycles. The fourth-order valence-corrected chi connectivity index (χ4v) is 2.12. The minimum absolute atomic E-state index is 0.0556. The minimum atomic E-state index is -0.240. The van der Waals surface area contributed by atoms with Crippen molar-refractivity contribution in [3.63, 3.8) is 0 Å². The van der Waals surface area contributed by atoms with E-state index in [1.54, 1.807) is 0 Å². The average Bonchev–Trinajstić information content (AvgIpc) is 2.62. The topological polar surface area (TPSA) is 64.3 Å². The molecule has 1 aliphatic rings. The first-order valence-electron chi connectivity index (χ1n) is 5.79. The second-order valence-corrected chi connectivity index (χ2v) is 4.67. The van der Waals surface area contributed by atoms with Gasteiger partial charge in [0.25, 0.3) is 0 Å². The zero-order chi connectivity index (χ0) is 12.4. The molecule has 17 heavy (non-hydrogen) atoms. The van der Waals surface area contributed by atoms with Gasteiger partial charge in [0.15, 0.2) is 0 Å². The normalized spacial score (nSPS) is 23.7. The number of hydrogen-bond acceptors (Lipinski definition) is 3. The van der Waals surface area contributed by atoms with Gasteiger partial charge < -0.3 is 15.8 Å². The van der Waals surface area contributed by atoms with Crippen molar-refractivity contribution in [3.05, 3.63) is 29.3 Å². The number of ether oxygens (including phenoxy) is 1. The predicted octanol–water partition coefficient (Wildman–Crippen LogP) is 1.22. The number of aryl methyl sites for hydroxylation is 2. The summed E-state index contributed by atoms with van der Waals surface area (Å²) in [4.78, 5) is 12.0. The van der Waals surface area contributed by atoms with Crippen LogP contribution in [-0.4, -0.2) is 25.2 Å². The Morgan fingerprint density at radius 1 is 1.29 bits per heavy atom. The van der Waals surface area contributed by atoms with Gasteiger partial charge in [0, 0.05) is 11.7 Å². The first kappa shape index (κ1) is 12.1. The molecule has 0 bridgehead atoms. The first-order valence-corrected chi connectivity index (χ1v) is 5.79. The molecule has 3 N–H and O–H groups in total. The molecule has 0 aliphatic carbocycles. The minimum Gasteiger partial charge on any atom is -0.379 e. The number of nitrogens with one attached hydrogen (secondary N) is 1. The number of carbonyl (C=O) groups excluding carboxylic acids is 1. The van der Waals surface area contributed by atoms with Crippen molar-refractivity contribution in [1.29, 1.82) is 0 Å². The van der Waals surface area contributed by atoms with E-state index in [0.717, 1.165) is 16.8 Å². The van der Waals surface area contributed by atoms with E-state index in [4.69, 9.17) is 10.5 Å². The van der Waals surface area contributed by atoms with Crippen molar-refractivity contribution in [2.75, 3.05) is 18.5 Å². The number of carbonyl (C=O) groups is 1. The van der Waals surface area contributed by atoms with E-state index in [1.807, 2.05) is 26.0 Å². The summed E-state index contributed by atoms with van der Waals surface area (Å²) in [7, 11) is 0. The Labute approximate surface area is 101 Å². The number of anilines is 1. The molecule has 0 spiro atoms. The Morgan fingerprint density at radius 3 is 2.47 bits per heavy atom. The number of hydrogen-bond donors (Lipinski definition) is 2. The lowest BCUT2D eigenvalue weighted by molar-refractivity contribution is -0.120. The molecule has 1 heterocycles. The molecule has 1 aliphatic heterocycles. The summed E-state index contributed by atoms with van der Waals surface area (Å²) in [6.45, 7) is 4.89. The number of nitrogens with two attached hydrogens (primary N) is 1. The van der Waals surface area contributed by atoms with Gasteiger partial charge in [0.2, 0.25) is 5.91 Å². The van der Waals surface area contributed by atoms with Gasteiger partial charge in [-0.2, -0.15) is 0 Å². The standard InChI is InChI=1S/C13H18N2O2/c1-8-3-9(2)5-10(4-8)15-13(16)11-6-17-7-12(11)14/h3-5,11-12H,6-7,14H2,1-2H3,(H,15,16). The van der Waals surface area contributed by atoms with Crippen LogP contribution in [0.4, 0.5) is 5.69 Å². The van der Waals surface area contributed by atoms with Crippen molar-refractivity contribution < 1.29 is 9.53 Å². The highest BCUT2D eigenvalue weighted by molar-refractivity contribution is 5.93. The van der Waals surface area contributed by atoms with E-state index in [2.05, 4.69) is 11.4 Å². The lowest BCUT2D eigenvalue weighted by Crippen LogP contribution is -2.37. The average molecular weight is 234 g/mol. The quantitative estimate of drug-likeness (QED) is 0.808. The van der Waals surface area contributed by atoms with Crippen LogP contribution in [0.2, 0.25) is 0 Å². The van der Waals surface area contributed by atoms with Gasteiger partial charge in [0.05, 0.1) is 19.1 Å². The Morgan fingerprint density at radius 2 is 1.94 bits per heavy atom. The molecule has 1 aromatic carbocycles. The zero-order valence-electron chi connectivity index (χ0n) is 10.2. The van der Waals surface area contributed by atoms with Crippen LogP contribution in [0, 0.1) is 19.8 Å². The summed E-state index contributed by atoms with van der Waals surface area (Å²) < 4.78 is 5.19. The third kappa shape index (κ3) is 2.84. The largest absolute Gasteiger partial charge is 0.379 e. The molecule has 1 aromatic rings. The lowest BCUT2D eigenvalue weighted by Gasteiger charge is -2.14. The summed E-state index contributed by atoms with van der Waals surface area (Å²) in [5.41, 5.74) is 8.90. The van der Waals surface area contributed by atoms with E-state index in [9.17, 15) is 4.79 Å². The van der Waals surface area contributed by atoms with Gasteiger partial charge in [-0.05, 0) is 37.1 Å². The zero-order valence-corrected chi connectivity index (χ0v) is 10.2. The Bertz CT molecular complexity index is 411. The number of amides is 1. The highest BCUT2D eigenvalue weighted by atomic mass is 16.5. The van der Waals surface area contributed by atoms with Crippen LogP contribution in [0.25, 0.3) is 0 Å². The van der Waals surface area contributed by atoms with Gasteiger partial charge in [-0.15, -0.1) is 0 Å². The van der Waals surface area contributed by atoms with Gasteiger partial charge in [0.1, 0.15) is 0 Å². The molecular weight excluding hydrogens is 216 g/mol. The number of benzene rings is 1. The maximum atomic E-state index is 12.0. The lowest BCUT2D eigenvalue weighted by atomic mass is 10.0. The van der Waals surface area contributed by atoms with Crippen molar-refractivity contribution in [2.45, 2.75) is 19.9 Å². The van der Waals surface area contributed by atoms with Crippen molar-refractivity contribution in [2.24, 2.45) is 11.7 Å². The summed E-state index contributed by atoms with van der Waals surface area (Å²) in [6, 6.07) is 5.78. The fraction of sp³-hybridized carbons (Fsp3) is 0.462. The van der Waals surface area contributed by atoms with E-state index in [-0.39, 0.29) is 17.9 Å². The van der Waals surface area contributed by atoms with Crippen molar-refractivity contribution >= 4 is 11.6 Å². The van der Waals surface area contributed by atoms with Crippen LogP contribution in [0.1, 0.15) is 11.1 Å². The molecule has 0 aromatic heterocycles. The van der Waals surface area contributed by atoms with Gasteiger partial charge >= 0.3 is 0 Å². The molecule has 4 heteroatoms. The third-order valence-corrected chi connectivity index (χ3v) is 2.95. The molecule has 4 nitrogen and oxygen atoms in total. The molecule has 1 amide bonds. The van der Waals surface area contributed by atoms with Gasteiger partial charge in [-0.25, -0.2) is 0 Å². The van der Waals surface area contributed by atoms with Crippen LogP contribution in [0.15, 0.2) is 18.2 Å². The predicted molar refractivity (Wildman–Crippen MR) is 66.8 cm³/mol. The van der Waals surface area contributed by atoms with E-state index in [1.165, 1.54) is 0 Å². The molecule has 2 atom stereocenters. The van der Waals surface area contributed by atoms with Crippen LogP contribution < -0.4 is 11.1 Å². The SMILES string of the molecule is Cc1cc(C)cc(NC(=O)C2COCC2N)c1. The second-order valence-electron chi connectivity index (χ2n) is 4.67. The van der Waals surface area contributed by atoms with Gasteiger partial charge in [-0.1, -0.05) is 6.07 Å². The summed E-state index contributed by atoms with van der Waals surface area (Å²) >= 11 is 0. The van der Waals surface area contributed by atoms with E-state index >= 15 is 0 Å². The molecule has 2 unspecified atom stereocenters. The molecule has 1 fully saturated rings. The van der Waals surface area contributed by atoms with Crippen LogP contribution in [-0.2, 0) is 9.53 Å². The Hall–Kier alpha value is -1.39. The smallest absolute Gasteiger partial charge is 0.231 e. The molecule has 1 saturated heterocycles. The summed E-state index contributed by atoms with van der Waals surface area (Å²) in [5, 5.41) is 2.90. The highest BCUT2D eigenvalue weighted by Crippen LogP contribution is 2.17.